The predicted molar refractivity (Wildman–Crippen MR) is 185 cm³/mol. The molecule has 11 heteroatoms. The van der Waals surface area contributed by atoms with Gasteiger partial charge in [0.1, 0.15) is 18.3 Å². The molecule has 4 aromatic rings. The van der Waals surface area contributed by atoms with Crippen molar-refractivity contribution in [3.63, 3.8) is 0 Å². The minimum Gasteiger partial charge on any atom is -0.492 e. The van der Waals surface area contributed by atoms with Crippen molar-refractivity contribution < 1.29 is 22.7 Å². The average molecular weight is 680 g/mol. The van der Waals surface area contributed by atoms with Crippen LogP contribution in [0.4, 0.5) is 5.69 Å². The fourth-order valence-electron chi connectivity index (χ4n) is 5.01. The fourth-order valence-corrected chi connectivity index (χ4v) is 7.05. The van der Waals surface area contributed by atoms with E-state index in [2.05, 4.69) is 5.32 Å². The third kappa shape index (κ3) is 8.84. The third-order valence-corrected chi connectivity index (χ3v) is 9.98. The van der Waals surface area contributed by atoms with Crippen molar-refractivity contribution in [1.82, 2.24) is 10.2 Å². The number of sulfonamides is 1. The van der Waals surface area contributed by atoms with Crippen molar-refractivity contribution in [1.29, 1.82) is 0 Å². The quantitative estimate of drug-likeness (QED) is 0.146. The minimum atomic E-state index is -4.27. The number of nitrogens with zero attached hydrogens (tertiary/aromatic N) is 2. The number of carbonyl (C=O) groups excluding carboxylic acids is 2. The number of thioether (sulfide) groups is 1. The van der Waals surface area contributed by atoms with E-state index in [0.29, 0.717) is 29.5 Å². The summed E-state index contributed by atoms with van der Waals surface area (Å²) in [6.07, 6.45) is 2.12. The molecule has 242 valence electrons. The lowest BCUT2D eigenvalue weighted by Gasteiger charge is -2.34. The largest absolute Gasteiger partial charge is 0.492 e. The van der Waals surface area contributed by atoms with Crippen molar-refractivity contribution in [3.8, 4) is 5.75 Å². The number of likely N-dealkylation sites (N-methyl/N-ethyl adjacent to an activating group) is 1. The van der Waals surface area contributed by atoms with E-state index in [9.17, 15) is 18.0 Å². The Morgan fingerprint density at radius 3 is 2.22 bits per heavy atom. The van der Waals surface area contributed by atoms with E-state index < -0.39 is 28.5 Å². The topological polar surface area (TPSA) is 96.0 Å². The van der Waals surface area contributed by atoms with Crippen LogP contribution in [0.3, 0.4) is 0 Å². The highest BCUT2D eigenvalue weighted by Crippen LogP contribution is 2.33. The molecule has 1 atom stereocenters. The molecule has 0 spiro atoms. The smallest absolute Gasteiger partial charge is 0.264 e. The standard InChI is InChI=1S/C35H38ClN3O5S2/c1-4-37-35(41)32(23-26-12-7-6-8-13-26)38(24-27-14-11-15-28(36)22-27)34(40)25-39(31-16-9-10-17-33(31)44-5-2)46(42,43)30-20-18-29(45-3)19-21-30/h6-22,32H,4-5,23-25H2,1-3H3,(H,37,41)/t32-/m1/s1. The lowest BCUT2D eigenvalue weighted by atomic mass is 10.0. The number of benzene rings is 4. The Bertz CT molecular complexity index is 1720. The Morgan fingerprint density at radius 1 is 0.891 bits per heavy atom. The molecule has 0 fully saturated rings. The van der Waals surface area contributed by atoms with Crippen molar-refractivity contribution in [3.05, 3.63) is 119 Å². The molecule has 0 heterocycles. The Balaban J connectivity index is 1.83. The van der Waals surface area contributed by atoms with Gasteiger partial charge in [-0.25, -0.2) is 8.42 Å². The molecule has 8 nitrogen and oxygen atoms in total. The second kappa shape index (κ2) is 16.5. The zero-order valence-corrected chi connectivity index (χ0v) is 28.4. The number of anilines is 1. The zero-order chi connectivity index (χ0) is 33.1. The Kier molecular flexibility index (Phi) is 12.5. The summed E-state index contributed by atoms with van der Waals surface area (Å²) in [5, 5.41) is 3.34. The van der Waals surface area contributed by atoms with Crippen LogP contribution >= 0.6 is 23.4 Å². The Morgan fingerprint density at radius 2 is 1.57 bits per heavy atom. The lowest BCUT2D eigenvalue weighted by molar-refractivity contribution is -0.140. The summed E-state index contributed by atoms with van der Waals surface area (Å²) in [5.41, 5.74) is 1.76. The number of carbonyl (C=O) groups is 2. The van der Waals surface area contributed by atoms with Crippen LogP contribution in [0.1, 0.15) is 25.0 Å². The van der Waals surface area contributed by atoms with E-state index in [1.54, 1.807) is 61.5 Å². The van der Waals surface area contributed by atoms with Gasteiger partial charge in [0.15, 0.2) is 0 Å². The number of hydrogen-bond donors (Lipinski definition) is 1. The second-order valence-electron chi connectivity index (χ2n) is 10.3. The molecule has 0 radical (unpaired) electrons. The average Bonchev–Trinajstić information content (AvgIpc) is 3.06. The van der Waals surface area contributed by atoms with Gasteiger partial charge in [0.25, 0.3) is 10.0 Å². The number of para-hydroxylation sites is 2. The van der Waals surface area contributed by atoms with Gasteiger partial charge in [-0.15, -0.1) is 11.8 Å². The summed E-state index contributed by atoms with van der Waals surface area (Å²) in [6.45, 7) is 3.70. The number of amides is 2. The Hall–Kier alpha value is -3.99. The molecule has 4 aromatic carbocycles. The molecule has 4 rings (SSSR count). The van der Waals surface area contributed by atoms with Gasteiger partial charge in [0.05, 0.1) is 17.2 Å². The summed E-state index contributed by atoms with van der Waals surface area (Å²) < 4.78 is 35.6. The van der Waals surface area contributed by atoms with Gasteiger partial charge in [0, 0.05) is 29.4 Å². The number of nitrogens with one attached hydrogen (secondary N) is 1. The van der Waals surface area contributed by atoms with Crippen LogP contribution in [-0.2, 0) is 32.6 Å². The van der Waals surface area contributed by atoms with Crippen LogP contribution in [0.5, 0.6) is 5.75 Å². The van der Waals surface area contributed by atoms with Crippen LogP contribution in [-0.4, -0.2) is 57.1 Å². The van der Waals surface area contributed by atoms with E-state index in [1.807, 2.05) is 49.6 Å². The number of hydrogen-bond acceptors (Lipinski definition) is 6. The predicted octanol–water partition coefficient (Wildman–Crippen LogP) is 6.43. The van der Waals surface area contributed by atoms with Crippen LogP contribution in [0.25, 0.3) is 0 Å². The molecule has 0 aliphatic rings. The van der Waals surface area contributed by atoms with E-state index >= 15 is 0 Å². The van der Waals surface area contributed by atoms with Gasteiger partial charge in [-0.05, 0) is 79.8 Å². The first-order chi connectivity index (χ1) is 22.2. The molecule has 0 aliphatic heterocycles. The van der Waals surface area contributed by atoms with Crippen LogP contribution in [0.15, 0.2) is 113 Å². The van der Waals surface area contributed by atoms with E-state index in [4.69, 9.17) is 16.3 Å². The molecular weight excluding hydrogens is 642 g/mol. The maximum Gasteiger partial charge on any atom is 0.264 e. The molecule has 46 heavy (non-hydrogen) atoms. The fraction of sp³-hybridized carbons (Fsp3) is 0.257. The van der Waals surface area contributed by atoms with Crippen molar-refractivity contribution >= 4 is 50.9 Å². The van der Waals surface area contributed by atoms with Crippen molar-refractivity contribution in [2.75, 3.05) is 30.3 Å². The minimum absolute atomic E-state index is 0.0235. The zero-order valence-electron chi connectivity index (χ0n) is 26.1. The summed E-state index contributed by atoms with van der Waals surface area (Å²) in [7, 11) is -4.27. The second-order valence-corrected chi connectivity index (χ2v) is 13.5. The number of halogens is 1. The van der Waals surface area contributed by atoms with Gasteiger partial charge < -0.3 is 15.0 Å². The first kappa shape index (κ1) is 34.9. The first-order valence-electron chi connectivity index (χ1n) is 14.9. The molecule has 0 aromatic heterocycles. The van der Waals surface area contributed by atoms with Gasteiger partial charge in [-0.2, -0.15) is 0 Å². The lowest BCUT2D eigenvalue weighted by Crippen LogP contribution is -2.53. The van der Waals surface area contributed by atoms with E-state index in [1.165, 1.54) is 28.8 Å². The summed E-state index contributed by atoms with van der Waals surface area (Å²) in [6, 6.07) is 28.7. The molecule has 0 saturated heterocycles. The first-order valence-corrected chi connectivity index (χ1v) is 18.0. The van der Waals surface area contributed by atoms with Crippen LogP contribution < -0.4 is 14.4 Å². The highest BCUT2D eigenvalue weighted by atomic mass is 35.5. The molecule has 0 bridgehead atoms. The molecule has 1 N–H and O–H groups in total. The van der Waals surface area contributed by atoms with Gasteiger partial charge in [-0.1, -0.05) is 66.2 Å². The van der Waals surface area contributed by atoms with Gasteiger partial charge in [-0.3, -0.25) is 13.9 Å². The monoisotopic (exact) mass is 679 g/mol. The molecule has 2 amide bonds. The maximum atomic E-state index is 14.6. The third-order valence-electron chi connectivity index (χ3n) is 7.22. The van der Waals surface area contributed by atoms with E-state index in [0.717, 1.165) is 14.8 Å². The van der Waals surface area contributed by atoms with Crippen molar-refractivity contribution in [2.24, 2.45) is 0 Å². The van der Waals surface area contributed by atoms with Gasteiger partial charge in [0.2, 0.25) is 11.8 Å². The van der Waals surface area contributed by atoms with Crippen LogP contribution in [0, 0.1) is 0 Å². The number of ether oxygens (including phenoxy) is 1. The summed E-state index contributed by atoms with van der Waals surface area (Å²) in [5.74, 6) is -0.602. The SMILES string of the molecule is CCNC(=O)[C@@H](Cc1ccccc1)N(Cc1cccc(Cl)c1)C(=O)CN(c1ccccc1OCC)S(=O)(=O)c1ccc(SC)cc1. The van der Waals surface area contributed by atoms with E-state index in [-0.39, 0.29) is 29.5 Å². The molecule has 0 aliphatic carbocycles. The summed E-state index contributed by atoms with van der Waals surface area (Å²) in [4.78, 5) is 30.6. The maximum absolute atomic E-state index is 14.6. The highest BCUT2D eigenvalue weighted by Gasteiger charge is 2.35. The normalized spacial score (nSPS) is 11.8. The van der Waals surface area contributed by atoms with Gasteiger partial charge >= 0.3 is 0 Å². The van der Waals surface area contributed by atoms with Crippen LogP contribution in [0.2, 0.25) is 5.02 Å². The molecular formula is C35H38ClN3O5S2. The molecule has 0 unspecified atom stereocenters. The van der Waals surface area contributed by atoms with Crippen molar-refractivity contribution in [2.45, 2.75) is 42.6 Å². The molecule has 0 saturated carbocycles. The Labute approximate surface area is 280 Å². The summed E-state index contributed by atoms with van der Waals surface area (Å²) >= 11 is 7.80. The highest BCUT2D eigenvalue weighted by molar-refractivity contribution is 7.98. The number of rotatable bonds is 15.